The van der Waals surface area contributed by atoms with Crippen LogP contribution in [0.2, 0.25) is 10.0 Å². The van der Waals surface area contributed by atoms with Crippen LogP contribution in [-0.4, -0.2) is 53.0 Å². The Kier molecular flexibility index (Phi) is 7.18. The van der Waals surface area contributed by atoms with Gasteiger partial charge in [-0.1, -0.05) is 43.5 Å². The third kappa shape index (κ3) is 4.96. The number of carbonyl (C=O) groups excluding carboxylic acids is 2. The lowest BCUT2D eigenvalue weighted by Crippen LogP contribution is -2.54. The normalized spacial score (nSPS) is 22.3. The molecule has 5 nitrogen and oxygen atoms in total. The van der Waals surface area contributed by atoms with Crippen molar-refractivity contribution in [3.63, 3.8) is 0 Å². The maximum Gasteiger partial charge on any atom is 0.255 e. The minimum atomic E-state index is -0.165. The molecule has 2 saturated heterocycles. The van der Waals surface area contributed by atoms with Gasteiger partial charge in [0.05, 0.1) is 21.5 Å². The van der Waals surface area contributed by atoms with Gasteiger partial charge in [-0.2, -0.15) is 0 Å². The van der Waals surface area contributed by atoms with E-state index in [0.717, 1.165) is 31.6 Å². The van der Waals surface area contributed by atoms with Crippen LogP contribution in [0.1, 0.15) is 43.5 Å². The molecule has 0 bridgehead atoms. The highest BCUT2D eigenvalue weighted by Gasteiger charge is 2.44. The SMILES string of the molecule is CCC(C)CNC(=O)C1CSC2(CCN(C(=O)c3ccc(Cl)cc3Cl)CC2)N1. The van der Waals surface area contributed by atoms with E-state index in [4.69, 9.17) is 23.2 Å². The van der Waals surface area contributed by atoms with Crippen LogP contribution >= 0.6 is 35.0 Å². The predicted molar refractivity (Wildman–Crippen MR) is 116 cm³/mol. The van der Waals surface area contributed by atoms with E-state index in [1.807, 2.05) is 4.90 Å². The average molecular weight is 444 g/mol. The number of amides is 2. The van der Waals surface area contributed by atoms with Gasteiger partial charge in [-0.15, -0.1) is 11.8 Å². The fourth-order valence-electron chi connectivity index (χ4n) is 3.52. The zero-order valence-electron chi connectivity index (χ0n) is 16.3. The van der Waals surface area contributed by atoms with Gasteiger partial charge in [0.2, 0.25) is 5.91 Å². The molecule has 1 aromatic rings. The van der Waals surface area contributed by atoms with Crippen LogP contribution < -0.4 is 10.6 Å². The summed E-state index contributed by atoms with van der Waals surface area (Å²) >= 11 is 13.9. The Bertz CT molecular complexity index is 738. The smallest absolute Gasteiger partial charge is 0.255 e. The molecular formula is C20H27Cl2N3O2S. The van der Waals surface area contributed by atoms with Gasteiger partial charge in [0.1, 0.15) is 0 Å². The monoisotopic (exact) mass is 443 g/mol. The van der Waals surface area contributed by atoms with E-state index in [2.05, 4.69) is 24.5 Å². The van der Waals surface area contributed by atoms with Crippen LogP contribution in [0.25, 0.3) is 0 Å². The van der Waals surface area contributed by atoms with Crippen LogP contribution in [0.15, 0.2) is 18.2 Å². The first-order valence-electron chi connectivity index (χ1n) is 9.77. The van der Waals surface area contributed by atoms with E-state index in [0.29, 0.717) is 34.6 Å². The number of piperidine rings is 1. The summed E-state index contributed by atoms with van der Waals surface area (Å²) in [5.74, 6) is 1.27. The van der Waals surface area contributed by atoms with Gasteiger partial charge in [-0.25, -0.2) is 0 Å². The van der Waals surface area contributed by atoms with Crippen molar-refractivity contribution in [3.05, 3.63) is 33.8 Å². The number of benzene rings is 1. The Balaban J connectivity index is 1.53. The molecule has 154 valence electrons. The third-order valence-corrected chi connectivity index (χ3v) is 7.75. The van der Waals surface area contributed by atoms with Crippen molar-refractivity contribution in [3.8, 4) is 0 Å². The fourth-order valence-corrected chi connectivity index (χ4v) is 5.43. The average Bonchev–Trinajstić information content (AvgIpc) is 3.09. The molecule has 1 aromatic carbocycles. The fraction of sp³-hybridized carbons (Fsp3) is 0.600. The molecule has 2 unspecified atom stereocenters. The van der Waals surface area contributed by atoms with Crippen molar-refractivity contribution in [2.24, 2.45) is 5.92 Å². The van der Waals surface area contributed by atoms with Gasteiger partial charge < -0.3 is 10.2 Å². The lowest BCUT2D eigenvalue weighted by molar-refractivity contribution is -0.122. The highest BCUT2D eigenvalue weighted by molar-refractivity contribution is 8.01. The molecule has 0 aromatic heterocycles. The van der Waals surface area contributed by atoms with Crippen LogP contribution in [0, 0.1) is 5.92 Å². The lowest BCUT2D eigenvalue weighted by Gasteiger charge is -2.39. The molecule has 2 atom stereocenters. The van der Waals surface area contributed by atoms with E-state index in [1.54, 1.807) is 30.0 Å². The first-order chi connectivity index (χ1) is 13.3. The molecule has 28 heavy (non-hydrogen) atoms. The quantitative estimate of drug-likeness (QED) is 0.726. The number of likely N-dealkylation sites (tertiary alicyclic amines) is 1. The standard InChI is InChI=1S/C20H27Cl2N3O2S/c1-3-13(2)11-23-18(26)17-12-28-20(24-17)6-8-25(9-7-20)19(27)15-5-4-14(21)10-16(15)22/h4-5,10,13,17,24H,3,6-9,11-12H2,1-2H3,(H,23,26). The second-order valence-corrected chi connectivity index (χ2v) is 9.92. The van der Waals surface area contributed by atoms with Crippen LogP contribution in [0.5, 0.6) is 0 Å². The van der Waals surface area contributed by atoms with Crippen molar-refractivity contribution in [2.45, 2.75) is 44.0 Å². The Hall–Kier alpha value is -0.950. The van der Waals surface area contributed by atoms with Crippen LogP contribution in [0.3, 0.4) is 0 Å². The summed E-state index contributed by atoms with van der Waals surface area (Å²) in [5, 5.41) is 7.48. The molecule has 2 amide bonds. The van der Waals surface area contributed by atoms with Crippen molar-refractivity contribution in [2.75, 3.05) is 25.4 Å². The molecular weight excluding hydrogens is 417 g/mol. The number of nitrogens with one attached hydrogen (secondary N) is 2. The van der Waals surface area contributed by atoms with Gasteiger partial charge >= 0.3 is 0 Å². The summed E-state index contributed by atoms with van der Waals surface area (Å²) < 4.78 is 0. The van der Waals surface area contributed by atoms with Gasteiger partial charge in [-0.05, 0) is 37.0 Å². The first kappa shape index (κ1) is 21.8. The number of rotatable bonds is 5. The lowest BCUT2D eigenvalue weighted by atomic mass is 10.0. The first-order valence-corrected chi connectivity index (χ1v) is 11.5. The molecule has 1 spiro atoms. The number of hydrogen-bond donors (Lipinski definition) is 2. The molecule has 3 rings (SSSR count). The van der Waals surface area contributed by atoms with E-state index in [9.17, 15) is 9.59 Å². The topological polar surface area (TPSA) is 61.4 Å². The van der Waals surface area contributed by atoms with E-state index >= 15 is 0 Å². The Morgan fingerprint density at radius 2 is 2.07 bits per heavy atom. The largest absolute Gasteiger partial charge is 0.354 e. The van der Waals surface area contributed by atoms with Gasteiger partial charge in [-0.3, -0.25) is 14.9 Å². The highest BCUT2D eigenvalue weighted by atomic mass is 35.5. The van der Waals surface area contributed by atoms with E-state index < -0.39 is 0 Å². The van der Waals surface area contributed by atoms with Crippen molar-refractivity contribution in [1.29, 1.82) is 0 Å². The number of thioether (sulfide) groups is 1. The number of nitrogens with zero attached hydrogens (tertiary/aromatic N) is 1. The molecule has 2 N–H and O–H groups in total. The molecule has 0 aliphatic carbocycles. The summed E-state index contributed by atoms with van der Waals surface area (Å²) in [5.41, 5.74) is 0.483. The van der Waals surface area contributed by atoms with Crippen molar-refractivity contribution >= 4 is 46.8 Å². The number of carbonyl (C=O) groups is 2. The summed E-state index contributed by atoms with van der Waals surface area (Å²) in [7, 11) is 0. The van der Waals surface area contributed by atoms with Crippen molar-refractivity contribution < 1.29 is 9.59 Å². The summed E-state index contributed by atoms with van der Waals surface area (Å²) in [6.45, 7) is 6.26. The molecule has 2 aliphatic rings. The van der Waals surface area contributed by atoms with Crippen LogP contribution in [-0.2, 0) is 4.79 Å². The molecule has 0 saturated carbocycles. The maximum absolute atomic E-state index is 12.8. The molecule has 2 fully saturated rings. The second kappa shape index (κ2) is 9.24. The Morgan fingerprint density at radius 1 is 1.36 bits per heavy atom. The molecule has 2 aliphatic heterocycles. The summed E-state index contributed by atoms with van der Waals surface area (Å²) in [6, 6.07) is 4.79. The Morgan fingerprint density at radius 3 is 2.71 bits per heavy atom. The minimum absolute atomic E-state index is 0.0673. The highest BCUT2D eigenvalue weighted by Crippen LogP contribution is 2.39. The zero-order chi connectivity index (χ0) is 20.3. The second-order valence-electron chi connectivity index (χ2n) is 7.68. The third-order valence-electron chi connectivity index (χ3n) is 5.62. The van der Waals surface area contributed by atoms with Crippen LogP contribution in [0.4, 0.5) is 0 Å². The molecule has 2 heterocycles. The zero-order valence-corrected chi connectivity index (χ0v) is 18.6. The van der Waals surface area contributed by atoms with E-state index in [-0.39, 0.29) is 22.7 Å². The predicted octanol–water partition coefficient (Wildman–Crippen LogP) is 3.79. The van der Waals surface area contributed by atoms with Gasteiger partial charge in [0.15, 0.2) is 0 Å². The molecule has 8 heteroatoms. The molecule has 0 radical (unpaired) electrons. The van der Waals surface area contributed by atoms with Crippen molar-refractivity contribution in [1.82, 2.24) is 15.5 Å². The maximum atomic E-state index is 12.8. The summed E-state index contributed by atoms with van der Waals surface area (Å²) in [6.07, 6.45) is 2.67. The van der Waals surface area contributed by atoms with Gasteiger partial charge in [0, 0.05) is 30.4 Å². The van der Waals surface area contributed by atoms with E-state index in [1.165, 1.54) is 0 Å². The minimum Gasteiger partial charge on any atom is -0.354 e. The Labute approximate surface area is 180 Å². The number of hydrogen-bond acceptors (Lipinski definition) is 4. The number of halogens is 2. The van der Waals surface area contributed by atoms with Gasteiger partial charge in [0.25, 0.3) is 5.91 Å². The summed E-state index contributed by atoms with van der Waals surface area (Å²) in [4.78, 5) is 26.9.